The largest absolute Gasteiger partial charge is 0.468 e. The predicted molar refractivity (Wildman–Crippen MR) is 81.5 cm³/mol. The van der Waals surface area contributed by atoms with Gasteiger partial charge in [0.25, 0.3) is 0 Å². The molecule has 1 aromatic carbocycles. The zero-order chi connectivity index (χ0) is 15.9. The quantitative estimate of drug-likeness (QED) is 0.555. The fraction of sp³-hybridized carbons (Fsp3) is 0.500. The van der Waals surface area contributed by atoms with E-state index >= 15 is 0 Å². The Hall–Kier alpha value is -2.08. The van der Waals surface area contributed by atoms with Gasteiger partial charge >= 0.3 is 0 Å². The zero-order valence-electron chi connectivity index (χ0n) is 12.9. The Balaban J connectivity index is 1.74. The number of hydrogen-bond donors (Lipinski definition) is 2. The standard InChI is InChI=1S/C16H22N2O4/c1-11(19)17-7-8-18-16(20)15-9-14(15)12-3-5-13(6-4-12)22-10-21-2/h3-6,14-15H,7-10H2,1-2H3,(H,17,19)(H,18,20). The molecule has 6 heteroatoms. The Morgan fingerprint density at radius 3 is 2.50 bits per heavy atom. The summed E-state index contributed by atoms with van der Waals surface area (Å²) < 4.78 is 10.2. The molecule has 2 rings (SSSR count). The third-order valence-electron chi connectivity index (χ3n) is 3.58. The van der Waals surface area contributed by atoms with E-state index in [0.29, 0.717) is 13.1 Å². The van der Waals surface area contributed by atoms with Crippen LogP contribution in [0.25, 0.3) is 0 Å². The minimum Gasteiger partial charge on any atom is -0.468 e. The molecule has 0 aromatic heterocycles. The number of rotatable bonds is 8. The van der Waals surface area contributed by atoms with Gasteiger partial charge in [0.2, 0.25) is 11.8 Å². The van der Waals surface area contributed by atoms with Crippen LogP contribution in [0.1, 0.15) is 24.8 Å². The highest BCUT2D eigenvalue weighted by molar-refractivity contribution is 5.83. The van der Waals surface area contributed by atoms with E-state index in [-0.39, 0.29) is 30.4 Å². The van der Waals surface area contributed by atoms with E-state index in [1.807, 2.05) is 24.3 Å². The smallest absolute Gasteiger partial charge is 0.223 e. The molecule has 0 heterocycles. The molecule has 120 valence electrons. The maximum Gasteiger partial charge on any atom is 0.223 e. The molecule has 0 saturated heterocycles. The highest BCUT2D eigenvalue weighted by Gasteiger charge is 2.43. The number of carbonyl (C=O) groups excluding carboxylic acids is 2. The second-order valence-corrected chi connectivity index (χ2v) is 5.34. The van der Waals surface area contributed by atoms with E-state index < -0.39 is 0 Å². The maximum atomic E-state index is 12.0. The lowest BCUT2D eigenvalue weighted by Crippen LogP contribution is -2.34. The summed E-state index contributed by atoms with van der Waals surface area (Å²) in [5.74, 6) is 1.02. The van der Waals surface area contributed by atoms with Gasteiger partial charge in [0.15, 0.2) is 6.79 Å². The van der Waals surface area contributed by atoms with Gasteiger partial charge in [-0.1, -0.05) is 12.1 Å². The van der Waals surface area contributed by atoms with Crippen LogP contribution in [-0.2, 0) is 14.3 Å². The molecule has 1 aliphatic carbocycles. The van der Waals surface area contributed by atoms with Crippen molar-refractivity contribution in [3.8, 4) is 5.75 Å². The maximum absolute atomic E-state index is 12.0. The molecule has 0 aliphatic heterocycles. The van der Waals surface area contributed by atoms with Gasteiger partial charge in [-0.15, -0.1) is 0 Å². The highest BCUT2D eigenvalue weighted by atomic mass is 16.7. The van der Waals surface area contributed by atoms with Gasteiger partial charge < -0.3 is 20.1 Å². The molecule has 0 bridgehead atoms. The van der Waals surface area contributed by atoms with Gasteiger partial charge in [-0.05, 0) is 30.0 Å². The summed E-state index contributed by atoms with van der Waals surface area (Å²) in [4.78, 5) is 22.7. The average molecular weight is 306 g/mol. The molecule has 0 radical (unpaired) electrons. The van der Waals surface area contributed by atoms with Crippen LogP contribution in [0, 0.1) is 5.92 Å². The molecule has 1 fully saturated rings. The summed E-state index contributed by atoms with van der Waals surface area (Å²) in [5, 5.41) is 5.49. The Kier molecular flexibility index (Phi) is 5.77. The molecular formula is C16H22N2O4. The number of amides is 2. The number of carbonyl (C=O) groups is 2. The summed E-state index contributed by atoms with van der Waals surface area (Å²) in [6.45, 7) is 2.61. The van der Waals surface area contributed by atoms with Gasteiger partial charge in [0, 0.05) is 33.0 Å². The van der Waals surface area contributed by atoms with Crippen LogP contribution in [0.5, 0.6) is 5.75 Å². The van der Waals surface area contributed by atoms with Gasteiger partial charge in [-0.25, -0.2) is 0 Å². The van der Waals surface area contributed by atoms with Crippen LogP contribution >= 0.6 is 0 Å². The van der Waals surface area contributed by atoms with Gasteiger partial charge in [0.1, 0.15) is 5.75 Å². The minimum atomic E-state index is -0.0886. The average Bonchev–Trinajstić information content (AvgIpc) is 3.30. The van der Waals surface area contributed by atoms with Crippen molar-refractivity contribution in [1.29, 1.82) is 0 Å². The second-order valence-electron chi connectivity index (χ2n) is 5.34. The molecule has 6 nitrogen and oxygen atoms in total. The fourth-order valence-electron chi connectivity index (χ4n) is 2.35. The summed E-state index contributed by atoms with van der Waals surface area (Å²) >= 11 is 0. The fourth-order valence-corrected chi connectivity index (χ4v) is 2.35. The van der Waals surface area contributed by atoms with E-state index in [2.05, 4.69) is 10.6 Å². The van der Waals surface area contributed by atoms with Crippen LogP contribution in [0.3, 0.4) is 0 Å². The molecule has 1 saturated carbocycles. The van der Waals surface area contributed by atoms with Crippen molar-refractivity contribution in [2.75, 3.05) is 27.0 Å². The summed E-state index contributed by atoms with van der Waals surface area (Å²) in [6, 6.07) is 7.75. The molecule has 1 aromatic rings. The lowest BCUT2D eigenvalue weighted by molar-refractivity contribution is -0.123. The number of methoxy groups -OCH3 is 1. The van der Waals surface area contributed by atoms with Crippen molar-refractivity contribution >= 4 is 11.8 Å². The van der Waals surface area contributed by atoms with E-state index in [0.717, 1.165) is 17.7 Å². The first-order chi connectivity index (χ1) is 10.6. The third kappa shape index (κ3) is 4.73. The first kappa shape index (κ1) is 16.3. The lowest BCUT2D eigenvalue weighted by atomic mass is 10.1. The molecule has 2 amide bonds. The van der Waals surface area contributed by atoms with Gasteiger partial charge in [0.05, 0.1) is 0 Å². The van der Waals surface area contributed by atoms with Crippen molar-refractivity contribution < 1.29 is 19.1 Å². The molecule has 2 N–H and O–H groups in total. The second kappa shape index (κ2) is 7.79. The van der Waals surface area contributed by atoms with Crippen molar-refractivity contribution in [2.24, 2.45) is 5.92 Å². The summed E-state index contributed by atoms with van der Waals surface area (Å²) in [6.07, 6.45) is 0.865. The first-order valence-corrected chi connectivity index (χ1v) is 7.35. The predicted octanol–water partition coefficient (Wildman–Crippen LogP) is 1.03. The van der Waals surface area contributed by atoms with Crippen molar-refractivity contribution in [3.63, 3.8) is 0 Å². The van der Waals surface area contributed by atoms with E-state index in [4.69, 9.17) is 9.47 Å². The molecule has 2 unspecified atom stereocenters. The topological polar surface area (TPSA) is 76.7 Å². The molecule has 0 spiro atoms. The minimum absolute atomic E-state index is 0.0306. The van der Waals surface area contributed by atoms with Crippen LogP contribution in [-0.4, -0.2) is 38.8 Å². The van der Waals surface area contributed by atoms with Crippen molar-refractivity contribution in [3.05, 3.63) is 29.8 Å². The van der Waals surface area contributed by atoms with Crippen LogP contribution in [0.4, 0.5) is 0 Å². The normalized spacial score (nSPS) is 19.4. The van der Waals surface area contributed by atoms with Crippen LogP contribution in [0.2, 0.25) is 0 Å². The third-order valence-corrected chi connectivity index (χ3v) is 3.58. The molecule has 2 atom stereocenters. The molecule has 22 heavy (non-hydrogen) atoms. The van der Waals surface area contributed by atoms with Crippen molar-refractivity contribution in [1.82, 2.24) is 10.6 Å². The van der Waals surface area contributed by atoms with Gasteiger partial charge in [-0.2, -0.15) is 0 Å². The SMILES string of the molecule is COCOc1ccc(C2CC2C(=O)NCCNC(C)=O)cc1. The zero-order valence-corrected chi connectivity index (χ0v) is 12.9. The Morgan fingerprint density at radius 2 is 1.86 bits per heavy atom. The van der Waals surface area contributed by atoms with Crippen molar-refractivity contribution in [2.45, 2.75) is 19.3 Å². The Bertz CT molecular complexity index is 515. The highest BCUT2D eigenvalue weighted by Crippen LogP contribution is 2.47. The van der Waals surface area contributed by atoms with E-state index in [1.165, 1.54) is 6.92 Å². The number of benzene rings is 1. The lowest BCUT2D eigenvalue weighted by Gasteiger charge is -2.07. The number of ether oxygens (including phenoxy) is 2. The van der Waals surface area contributed by atoms with Gasteiger partial charge in [-0.3, -0.25) is 9.59 Å². The van der Waals surface area contributed by atoms with Crippen LogP contribution < -0.4 is 15.4 Å². The van der Waals surface area contributed by atoms with Crippen LogP contribution in [0.15, 0.2) is 24.3 Å². The monoisotopic (exact) mass is 306 g/mol. The molecule has 1 aliphatic rings. The number of nitrogens with one attached hydrogen (secondary N) is 2. The first-order valence-electron chi connectivity index (χ1n) is 7.35. The van der Waals surface area contributed by atoms with E-state index in [9.17, 15) is 9.59 Å². The Morgan fingerprint density at radius 1 is 1.18 bits per heavy atom. The summed E-state index contributed by atoms with van der Waals surface area (Å²) in [7, 11) is 1.58. The van der Waals surface area contributed by atoms with E-state index in [1.54, 1.807) is 7.11 Å². The molecular weight excluding hydrogens is 284 g/mol. The number of hydrogen-bond acceptors (Lipinski definition) is 4. The summed E-state index contributed by atoms with van der Waals surface area (Å²) in [5.41, 5.74) is 1.15. The Labute approximate surface area is 130 Å².